The van der Waals surface area contributed by atoms with E-state index in [-0.39, 0.29) is 35.4 Å². The molecule has 0 radical (unpaired) electrons. The quantitative estimate of drug-likeness (QED) is 0.630. The molecule has 1 heterocycles. The zero-order valence-electron chi connectivity index (χ0n) is 19.6. The third-order valence-electron chi connectivity index (χ3n) is 5.57. The predicted octanol–water partition coefficient (Wildman–Crippen LogP) is 4.63. The summed E-state index contributed by atoms with van der Waals surface area (Å²) in [4.78, 5) is 14.2. The molecule has 3 rings (SSSR count). The van der Waals surface area contributed by atoms with Crippen LogP contribution in [0, 0.1) is 17.5 Å². The molecule has 186 valence electrons. The summed E-state index contributed by atoms with van der Waals surface area (Å²) in [5.41, 5.74) is -0.544. The van der Waals surface area contributed by atoms with Gasteiger partial charge in [-0.25, -0.2) is 31.1 Å². The molecule has 1 aliphatic rings. The van der Waals surface area contributed by atoms with Crippen molar-refractivity contribution in [2.45, 2.75) is 58.2 Å². The SMILES string of the molecule is CCS(=O)(=O)N[C@H]1CCN(C(=O)OC(C)(C)C)[C@H]1Cc1cccc(-c2cc(F)cc(F)c2)c1F. The van der Waals surface area contributed by atoms with Gasteiger partial charge >= 0.3 is 6.09 Å². The summed E-state index contributed by atoms with van der Waals surface area (Å²) in [6, 6.07) is 5.87. The second-order valence-electron chi connectivity index (χ2n) is 9.30. The number of carbonyl (C=O) groups excluding carboxylic acids is 1. The Balaban J connectivity index is 1.97. The van der Waals surface area contributed by atoms with E-state index < -0.39 is 51.3 Å². The Bertz CT molecular complexity index is 1150. The predicted molar refractivity (Wildman–Crippen MR) is 123 cm³/mol. The molecule has 1 fully saturated rings. The molecule has 0 unspecified atom stereocenters. The number of rotatable bonds is 6. The lowest BCUT2D eigenvalue weighted by Gasteiger charge is -2.31. The number of sulfonamides is 1. The van der Waals surface area contributed by atoms with Crippen LogP contribution in [0.4, 0.5) is 18.0 Å². The average molecular weight is 499 g/mol. The highest BCUT2D eigenvalue weighted by molar-refractivity contribution is 7.89. The van der Waals surface area contributed by atoms with E-state index in [1.807, 2.05) is 0 Å². The lowest BCUT2D eigenvalue weighted by Crippen LogP contribution is -2.49. The monoisotopic (exact) mass is 498 g/mol. The summed E-state index contributed by atoms with van der Waals surface area (Å²) in [5.74, 6) is -2.50. The van der Waals surface area contributed by atoms with Crippen molar-refractivity contribution in [1.29, 1.82) is 0 Å². The minimum Gasteiger partial charge on any atom is -0.444 e. The fourth-order valence-corrected chi connectivity index (χ4v) is 4.90. The van der Waals surface area contributed by atoms with Crippen LogP contribution in [0.15, 0.2) is 36.4 Å². The van der Waals surface area contributed by atoms with Crippen LogP contribution in [0.1, 0.15) is 39.7 Å². The third-order valence-corrected chi connectivity index (χ3v) is 6.99. The summed E-state index contributed by atoms with van der Waals surface area (Å²) in [6.07, 6.45) is -0.313. The lowest BCUT2D eigenvalue weighted by molar-refractivity contribution is 0.0218. The summed E-state index contributed by atoms with van der Waals surface area (Å²) in [5, 5.41) is 0. The zero-order chi connectivity index (χ0) is 25.3. The van der Waals surface area contributed by atoms with Crippen LogP contribution in [-0.2, 0) is 21.2 Å². The van der Waals surface area contributed by atoms with Crippen molar-refractivity contribution in [2.24, 2.45) is 0 Å². The van der Waals surface area contributed by atoms with Crippen LogP contribution in [0.25, 0.3) is 11.1 Å². The molecule has 34 heavy (non-hydrogen) atoms. The van der Waals surface area contributed by atoms with Gasteiger partial charge < -0.3 is 9.64 Å². The van der Waals surface area contributed by atoms with E-state index in [1.54, 1.807) is 26.8 Å². The van der Waals surface area contributed by atoms with Crippen molar-refractivity contribution in [1.82, 2.24) is 9.62 Å². The first-order valence-electron chi connectivity index (χ1n) is 11.0. The molecule has 6 nitrogen and oxygen atoms in total. The van der Waals surface area contributed by atoms with Crippen LogP contribution >= 0.6 is 0 Å². The van der Waals surface area contributed by atoms with E-state index >= 15 is 4.39 Å². The minimum atomic E-state index is -3.59. The van der Waals surface area contributed by atoms with Gasteiger partial charge in [-0.2, -0.15) is 0 Å². The molecule has 2 atom stereocenters. The number of hydrogen-bond donors (Lipinski definition) is 1. The normalized spacial score (nSPS) is 18.9. The molecule has 0 aliphatic carbocycles. The highest BCUT2D eigenvalue weighted by atomic mass is 32.2. The zero-order valence-corrected chi connectivity index (χ0v) is 20.4. The first-order valence-corrected chi connectivity index (χ1v) is 12.7. The van der Waals surface area contributed by atoms with Crippen molar-refractivity contribution in [3.8, 4) is 11.1 Å². The van der Waals surface area contributed by atoms with E-state index in [0.717, 1.165) is 12.1 Å². The Hall–Kier alpha value is -2.59. The number of hydrogen-bond acceptors (Lipinski definition) is 4. The van der Waals surface area contributed by atoms with Crippen LogP contribution < -0.4 is 4.72 Å². The van der Waals surface area contributed by atoms with Gasteiger partial charge in [0, 0.05) is 24.2 Å². The standard InChI is InChI=1S/C24H29F3N2O4S/c1-5-34(31,32)28-20-9-10-29(23(30)33-24(2,3)4)21(20)13-15-7-6-8-19(22(15)27)16-11-17(25)14-18(26)12-16/h6-8,11-12,14,20-21,28H,5,9-10,13H2,1-4H3/t20-,21-/m0/s1. The van der Waals surface area contributed by atoms with E-state index in [2.05, 4.69) is 4.72 Å². The maximum atomic E-state index is 15.5. The number of ether oxygens (including phenoxy) is 1. The molecule has 0 spiro atoms. The van der Waals surface area contributed by atoms with Gasteiger partial charge in [-0.3, -0.25) is 0 Å². The second kappa shape index (κ2) is 9.95. The van der Waals surface area contributed by atoms with Crippen molar-refractivity contribution < 1.29 is 31.1 Å². The van der Waals surface area contributed by atoms with Crippen LogP contribution in [-0.4, -0.2) is 49.4 Å². The van der Waals surface area contributed by atoms with E-state index in [9.17, 15) is 22.0 Å². The molecule has 1 aliphatic heterocycles. The van der Waals surface area contributed by atoms with Crippen molar-refractivity contribution in [2.75, 3.05) is 12.3 Å². The molecule has 0 aromatic heterocycles. The lowest BCUT2D eigenvalue weighted by atomic mass is 9.96. The van der Waals surface area contributed by atoms with E-state index in [1.165, 1.54) is 24.0 Å². The second-order valence-corrected chi connectivity index (χ2v) is 11.3. The first kappa shape index (κ1) is 26.0. The summed E-state index contributed by atoms with van der Waals surface area (Å²) < 4.78 is 75.5. The summed E-state index contributed by atoms with van der Waals surface area (Å²) >= 11 is 0. The highest BCUT2D eigenvalue weighted by Gasteiger charge is 2.41. The Morgan fingerprint density at radius 2 is 1.79 bits per heavy atom. The van der Waals surface area contributed by atoms with Gasteiger partial charge in [-0.05, 0) is 63.8 Å². The molecule has 2 aromatic rings. The van der Waals surface area contributed by atoms with Crippen molar-refractivity contribution in [3.63, 3.8) is 0 Å². The van der Waals surface area contributed by atoms with Crippen molar-refractivity contribution in [3.05, 3.63) is 59.4 Å². The molecule has 1 N–H and O–H groups in total. The molecule has 2 aromatic carbocycles. The molecule has 0 saturated carbocycles. The largest absolute Gasteiger partial charge is 0.444 e. The Labute approximate surface area is 198 Å². The Kier molecular flexibility index (Phi) is 7.62. The molecule has 1 amide bonds. The van der Waals surface area contributed by atoms with Gasteiger partial charge in [-0.1, -0.05) is 18.2 Å². The maximum Gasteiger partial charge on any atom is 0.410 e. The molecule has 10 heteroatoms. The van der Waals surface area contributed by atoms with Gasteiger partial charge in [-0.15, -0.1) is 0 Å². The minimum absolute atomic E-state index is 0.00315. The average Bonchev–Trinajstić information content (AvgIpc) is 3.09. The third kappa shape index (κ3) is 6.29. The number of benzene rings is 2. The van der Waals surface area contributed by atoms with Crippen molar-refractivity contribution >= 4 is 16.1 Å². The van der Waals surface area contributed by atoms with Gasteiger partial charge in [0.15, 0.2) is 0 Å². The smallest absolute Gasteiger partial charge is 0.410 e. The molecule has 1 saturated heterocycles. The number of nitrogens with zero attached hydrogens (tertiary/aromatic N) is 1. The Morgan fingerprint density at radius 1 is 1.15 bits per heavy atom. The molecular formula is C24H29F3N2O4S. The maximum absolute atomic E-state index is 15.5. The Morgan fingerprint density at radius 3 is 2.38 bits per heavy atom. The number of carbonyl (C=O) groups is 1. The highest BCUT2D eigenvalue weighted by Crippen LogP contribution is 2.30. The first-order chi connectivity index (χ1) is 15.8. The fourth-order valence-electron chi connectivity index (χ4n) is 4.00. The number of likely N-dealkylation sites (tertiary alicyclic amines) is 1. The van der Waals surface area contributed by atoms with Gasteiger partial charge in [0.05, 0.1) is 11.8 Å². The van der Waals surface area contributed by atoms with Gasteiger partial charge in [0.1, 0.15) is 23.1 Å². The summed E-state index contributed by atoms with van der Waals surface area (Å²) in [6.45, 7) is 6.88. The van der Waals surface area contributed by atoms with Crippen LogP contribution in [0.2, 0.25) is 0 Å². The number of amides is 1. The number of halogens is 3. The molecular weight excluding hydrogens is 469 g/mol. The van der Waals surface area contributed by atoms with E-state index in [4.69, 9.17) is 4.74 Å². The fraction of sp³-hybridized carbons (Fsp3) is 0.458. The van der Waals surface area contributed by atoms with Gasteiger partial charge in [0.2, 0.25) is 10.0 Å². The van der Waals surface area contributed by atoms with Crippen LogP contribution in [0.3, 0.4) is 0 Å². The number of nitrogens with one attached hydrogen (secondary N) is 1. The molecule has 0 bridgehead atoms. The van der Waals surface area contributed by atoms with Crippen LogP contribution in [0.5, 0.6) is 0 Å². The van der Waals surface area contributed by atoms with Gasteiger partial charge in [0.25, 0.3) is 0 Å². The topological polar surface area (TPSA) is 75.7 Å². The summed E-state index contributed by atoms with van der Waals surface area (Å²) in [7, 11) is -3.59. The van der Waals surface area contributed by atoms with E-state index in [0.29, 0.717) is 12.5 Å².